The van der Waals surface area contributed by atoms with Gasteiger partial charge in [-0.05, 0) is 24.3 Å². The average Bonchev–Trinajstić information content (AvgIpc) is 2.25. The summed E-state index contributed by atoms with van der Waals surface area (Å²) >= 11 is 1.01. The van der Waals surface area contributed by atoms with E-state index in [1.165, 1.54) is 18.2 Å². The molecule has 2 aromatic carbocycles. The minimum atomic E-state index is -0.816. The Kier molecular flexibility index (Phi) is 3.28. The molecule has 0 aromatic heterocycles. The minimum absolute atomic E-state index is 0.138. The topological polar surface area (TPSA) is 26.0 Å². The predicted octanol–water partition coefficient (Wildman–Crippen LogP) is 3.84. The number of anilines is 1. The maximum absolute atomic E-state index is 13.2. The molecule has 2 rings (SSSR count). The highest BCUT2D eigenvalue weighted by atomic mass is 32.2. The van der Waals surface area contributed by atoms with Crippen LogP contribution >= 0.6 is 11.8 Å². The van der Waals surface area contributed by atoms with Gasteiger partial charge in [0.25, 0.3) is 0 Å². The van der Waals surface area contributed by atoms with Gasteiger partial charge in [0, 0.05) is 15.9 Å². The zero-order valence-corrected chi connectivity index (χ0v) is 9.40. The van der Waals surface area contributed by atoms with Crippen molar-refractivity contribution in [2.75, 3.05) is 5.73 Å². The van der Waals surface area contributed by atoms with E-state index in [0.29, 0.717) is 11.0 Å². The van der Waals surface area contributed by atoms with Crippen LogP contribution in [-0.4, -0.2) is 0 Å². The van der Waals surface area contributed by atoms with Crippen LogP contribution in [0.15, 0.2) is 46.2 Å². The number of hydrogen-bond donors (Lipinski definition) is 1. The van der Waals surface area contributed by atoms with Gasteiger partial charge in [0.1, 0.15) is 17.5 Å². The lowest BCUT2D eigenvalue weighted by Gasteiger charge is -2.06. The van der Waals surface area contributed by atoms with Crippen molar-refractivity contribution in [3.05, 3.63) is 53.8 Å². The van der Waals surface area contributed by atoms with Crippen molar-refractivity contribution in [3.63, 3.8) is 0 Å². The zero-order valence-electron chi connectivity index (χ0n) is 8.58. The fourth-order valence-corrected chi connectivity index (χ4v) is 2.25. The van der Waals surface area contributed by atoms with Crippen LogP contribution in [0.2, 0.25) is 0 Å². The van der Waals surface area contributed by atoms with Gasteiger partial charge in [-0.15, -0.1) is 0 Å². The van der Waals surface area contributed by atoms with Crippen molar-refractivity contribution in [2.45, 2.75) is 9.79 Å². The van der Waals surface area contributed by atoms with E-state index in [-0.39, 0.29) is 10.6 Å². The van der Waals surface area contributed by atoms with E-state index >= 15 is 0 Å². The van der Waals surface area contributed by atoms with Crippen LogP contribution in [0.3, 0.4) is 0 Å². The molecule has 0 aliphatic rings. The van der Waals surface area contributed by atoms with Crippen molar-refractivity contribution < 1.29 is 13.2 Å². The van der Waals surface area contributed by atoms with E-state index in [1.807, 2.05) is 0 Å². The molecule has 2 aromatic rings. The second kappa shape index (κ2) is 4.71. The van der Waals surface area contributed by atoms with Crippen molar-refractivity contribution >= 4 is 17.4 Å². The van der Waals surface area contributed by atoms with Crippen LogP contribution in [0.25, 0.3) is 0 Å². The summed E-state index contributed by atoms with van der Waals surface area (Å²) in [6, 6.07) is 7.55. The molecule has 1 nitrogen and oxygen atoms in total. The monoisotopic (exact) mass is 255 g/mol. The molecule has 0 bridgehead atoms. The Balaban J connectivity index is 2.36. The van der Waals surface area contributed by atoms with E-state index in [0.717, 1.165) is 17.8 Å². The summed E-state index contributed by atoms with van der Waals surface area (Å²) in [7, 11) is 0. The van der Waals surface area contributed by atoms with Gasteiger partial charge < -0.3 is 5.73 Å². The SMILES string of the molecule is Nc1c(F)cc(F)cc1Sc1cccc(F)c1. The molecule has 0 amide bonds. The number of benzene rings is 2. The van der Waals surface area contributed by atoms with Gasteiger partial charge in [-0.25, -0.2) is 13.2 Å². The van der Waals surface area contributed by atoms with Crippen molar-refractivity contribution in [2.24, 2.45) is 0 Å². The molecule has 0 aliphatic carbocycles. The summed E-state index contributed by atoms with van der Waals surface area (Å²) in [6.45, 7) is 0. The molecule has 0 radical (unpaired) electrons. The standard InChI is InChI=1S/C12H8F3NS/c13-7-2-1-3-9(4-7)17-11-6-8(14)5-10(15)12(11)16/h1-6H,16H2. The van der Waals surface area contributed by atoms with Gasteiger partial charge in [0.05, 0.1) is 5.69 Å². The maximum atomic E-state index is 13.2. The Morgan fingerprint density at radius 2 is 1.71 bits per heavy atom. The van der Waals surface area contributed by atoms with Crippen LogP contribution in [-0.2, 0) is 0 Å². The first kappa shape index (κ1) is 11.9. The third-order valence-corrected chi connectivity index (χ3v) is 3.13. The summed E-state index contributed by atoms with van der Waals surface area (Å²) in [5.41, 5.74) is 5.34. The first-order chi connectivity index (χ1) is 8.06. The summed E-state index contributed by atoms with van der Waals surface area (Å²) in [5, 5.41) is 0. The first-order valence-electron chi connectivity index (χ1n) is 4.74. The lowest BCUT2D eigenvalue weighted by molar-refractivity contribution is 0.581. The highest BCUT2D eigenvalue weighted by Crippen LogP contribution is 2.34. The fraction of sp³-hybridized carbons (Fsp3) is 0. The summed E-state index contributed by atoms with van der Waals surface area (Å²) < 4.78 is 39.1. The van der Waals surface area contributed by atoms with E-state index in [4.69, 9.17) is 5.73 Å². The number of halogens is 3. The lowest BCUT2D eigenvalue weighted by Crippen LogP contribution is -1.95. The molecule has 0 atom stereocenters. The number of rotatable bonds is 2. The number of hydrogen-bond acceptors (Lipinski definition) is 2. The first-order valence-corrected chi connectivity index (χ1v) is 5.56. The number of nitrogens with two attached hydrogens (primary N) is 1. The molecular formula is C12H8F3NS. The molecule has 17 heavy (non-hydrogen) atoms. The Bertz CT molecular complexity index is 557. The van der Waals surface area contributed by atoms with Crippen LogP contribution in [0.1, 0.15) is 0 Å². The number of nitrogen functional groups attached to an aromatic ring is 1. The average molecular weight is 255 g/mol. The minimum Gasteiger partial charge on any atom is -0.395 e. The second-order valence-electron chi connectivity index (χ2n) is 3.36. The Labute approximate surface area is 100 Å². The van der Waals surface area contributed by atoms with Gasteiger partial charge in [-0.2, -0.15) is 0 Å². The molecule has 88 valence electrons. The zero-order chi connectivity index (χ0) is 12.4. The Hall–Kier alpha value is -1.62. The second-order valence-corrected chi connectivity index (χ2v) is 4.47. The van der Waals surface area contributed by atoms with Crippen molar-refractivity contribution in [1.82, 2.24) is 0 Å². The largest absolute Gasteiger partial charge is 0.395 e. The third kappa shape index (κ3) is 2.74. The van der Waals surface area contributed by atoms with E-state index in [1.54, 1.807) is 6.07 Å². The molecule has 0 unspecified atom stereocenters. The van der Waals surface area contributed by atoms with Crippen molar-refractivity contribution in [3.8, 4) is 0 Å². The van der Waals surface area contributed by atoms with Gasteiger partial charge >= 0.3 is 0 Å². The highest BCUT2D eigenvalue weighted by Gasteiger charge is 2.09. The summed E-state index contributed by atoms with van der Waals surface area (Å²) in [4.78, 5) is 0.759. The van der Waals surface area contributed by atoms with Crippen LogP contribution in [0, 0.1) is 17.5 Å². The van der Waals surface area contributed by atoms with Crippen LogP contribution < -0.4 is 5.73 Å². The molecular weight excluding hydrogens is 247 g/mol. The van der Waals surface area contributed by atoms with Gasteiger partial charge in [0.2, 0.25) is 0 Å². The lowest BCUT2D eigenvalue weighted by atomic mass is 10.3. The maximum Gasteiger partial charge on any atom is 0.150 e. The van der Waals surface area contributed by atoms with Crippen molar-refractivity contribution in [1.29, 1.82) is 0 Å². The molecule has 5 heteroatoms. The van der Waals surface area contributed by atoms with E-state index in [9.17, 15) is 13.2 Å². The smallest absolute Gasteiger partial charge is 0.150 e. The van der Waals surface area contributed by atoms with E-state index < -0.39 is 17.5 Å². The Morgan fingerprint density at radius 1 is 0.941 bits per heavy atom. The van der Waals surface area contributed by atoms with Crippen LogP contribution in [0.4, 0.5) is 18.9 Å². The molecule has 0 saturated heterocycles. The Morgan fingerprint density at radius 3 is 2.41 bits per heavy atom. The summed E-state index contributed by atoms with van der Waals surface area (Å²) in [6.07, 6.45) is 0. The summed E-state index contributed by atoms with van der Waals surface area (Å²) in [5.74, 6) is -1.94. The molecule has 0 aliphatic heterocycles. The van der Waals surface area contributed by atoms with Gasteiger partial charge in [-0.1, -0.05) is 17.8 Å². The molecule has 2 N–H and O–H groups in total. The van der Waals surface area contributed by atoms with E-state index in [2.05, 4.69) is 0 Å². The molecule has 0 fully saturated rings. The highest BCUT2D eigenvalue weighted by molar-refractivity contribution is 7.99. The molecule has 0 heterocycles. The quantitative estimate of drug-likeness (QED) is 0.825. The van der Waals surface area contributed by atoms with Gasteiger partial charge in [-0.3, -0.25) is 0 Å². The normalized spacial score (nSPS) is 10.5. The predicted molar refractivity (Wildman–Crippen MR) is 61.3 cm³/mol. The molecule has 0 spiro atoms. The molecule has 0 saturated carbocycles. The van der Waals surface area contributed by atoms with Crippen LogP contribution in [0.5, 0.6) is 0 Å². The fourth-order valence-electron chi connectivity index (χ4n) is 1.30. The third-order valence-electron chi connectivity index (χ3n) is 2.08. The van der Waals surface area contributed by atoms with Gasteiger partial charge in [0.15, 0.2) is 0 Å².